The molecule has 0 bridgehead atoms. The maximum Gasteiger partial charge on any atom is 0.425 e. The van der Waals surface area contributed by atoms with Crippen molar-refractivity contribution >= 4 is 5.97 Å². The third-order valence-electron chi connectivity index (χ3n) is 2.10. The molecular formula is C11H11F3O3. The van der Waals surface area contributed by atoms with E-state index in [9.17, 15) is 18.0 Å². The van der Waals surface area contributed by atoms with Crippen LogP contribution in [0.5, 0.6) is 0 Å². The van der Waals surface area contributed by atoms with Crippen LogP contribution >= 0.6 is 0 Å². The van der Waals surface area contributed by atoms with Crippen LogP contribution in [0.15, 0.2) is 30.3 Å². The standard InChI is InChI=1S/C11H11F3O3/c1-7(8-5-3-2-4-6-8)17-10(16)9(15)11(12,13)14/h2-7,9,15H,1H3/t7-,9?/m0/s1. The highest BCUT2D eigenvalue weighted by atomic mass is 19.4. The number of carbonyl (C=O) groups excluding carboxylic acids is 1. The lowest BCUT2D eigenvalue weighted by molar-refractivity contribution is -0.220. The first-order valence-electron chi connectivity index (χ1n) is 4.82. The van der Waals surface area contributed by atoms with Gasteiger partial charge in [0, 0.05) is 0 Å². The summed E-state index contributed by atoms with van der Waals surface area (Å²) in [6.07, 6.45) is -8.96. The second-order valence-corrected chi connectivity index (χ2v) is 3.43. The van der Waals surface area contributed by atoms with E-state index in [1.165, 1.54) is 6.92 Å². The van der Waals surface area contributed by atoms with Gasteiger partial charge in [-0.15, -0.1) is 0 Å². The summed E-state index contributed by atoms with van der Waals surface area (Å²) in [6.45, 7) is 1.43. The third kappa shape index (κ3) is 3.74. The van der Waals surface area contributed by atoms with E-state index in [2.05, 4.69) is 4.74 Å². The number of aliphatic hydroxyl groups is 1. The van der Waals surface area contributed by atoms with Gasteiger partial charge in [0.15, 0.2) is 0 Å². The Kier molecular flexibility index (Phi) is 4.11. The predicted octanol–water partition coefficient (Wildman–Crippen LogP) is 2.21. The van der Waals surface area contributed by atoms with Crippen LogP contribution in [0.4, 0.5) is 13.2 Å². The normalized spacial score (nSPS) is 15.1. The molecule has 0 spiro atoms. The lowest BCUT2D eigenvalue weighted by Gasteiger charge is -2.17. The maximum atomic E-state index is 12.0. The van der Waals surface area contributed by atoms with Crippen molar-refractivity contribution in [3.05, 3.63) is 35.9 Å². The molecule has 0 aliphatic carbocycles. The molecule has 0 radical (unpaired) electrons. The topological polar surface area (TPSA) is 46.5 Å². The highest BCUT2D eigenvalue weighted by Gasteiger charge is 2.45. The zero-order valence-corrected chi connectivity index (χ0v) is 8.94. The van der Waals surface area contributed by atoms with E-state index in [-0.39, 0.29) is 0 Å². The van der Waals surface area contributed by atoms with Crippen LogP contribution in [0.3, 0.4) is 0 Å². The second-order valence-electron chi connectivity index (χ2n) is 3.43. The summed E-state index contributed by atoms with van der Waals surface area (Å²) in [5, 5.41) is 8.65. The third-order valence-corrected chi connectivity index (χ3v) is 2.10. The fourth-order valence-corrected chi connectivity index (χ4v) is 1.16. The molecule has 1 unspecified atom stereocenters. The van der Waals surface area contributed by atoms with Crippen molar-refractivity contribution in [3.8, 4) is 0 Å². The molecular weight excluding hydrogens is 237 g/mol. The monoisotopic (exact) mass is 248 g/mol. The van der Waals surface area contributed by atoms with E-state index < -0.39 is 24.4 Å². The average Bonchev–Trinajstić information content (AvgIpc) is 2.27. The summed E-state index contributed by atoms with van der Waals surface area (Å²) < 4.78 is 40.5. The zero-order valence-electron chi connectivity index (χ0n) is 8.94. The van der Waals surface area contributed by atoms with Crippen molar-refractivity contribution in [1.82, 2.24) is 0 Å². The molecule has 1 aromatic rings. The first kappa shape index (κ1) is 13.5. The fraction of sp³-hybridized carbons (Fsp3) is 0.364. The summed E-state index contributed by atoms with van der Waals surface area (Å²) in [6, 6.07) is 8.28. The minimum absolute atomic E-state index is 0.551. The van der Waals surface area contributed by atoms with Gasteiger partial charge in [-0.2, -0.15) is 13.2 Å². The van der Waals surface area contributed by atoms with Crippen molar-refractivity contribution in [2.45, 2.75) is 25.3 Å². The van der Waals surface area contributed by atoms with E-state index in [0.29, 0.717) is 5.56 Å². The van der Waals surface area contributed by atoms with E-state index in [4.69, 9.17) is 5.11 Å². The van der Waals surface area contributed by atoms with Crippen LogP contribution in [-0.2, 0) is 9.53 Å². The minimum atomic E-state index is -5.01. The van der Waals surface area contributed by atoms with Crippen molar-refractivity contribution < 1.29 is 27.8 Å². The van der Waals surface area contributed by atoms with Crippen molar-refractivity contribution in [2.75, 3.05) is 0 Å². The molecule has 1 rings (SSSR count). The van der Waals surface area contributed by atoms with Crippen LogP contribution in [-0.4, -0.2) is 23.4 Å². The average molecular weight is 248 g/mol. The van der Waals surface area contributed by atoms with Gasteiger partial charge in [-0.25, -0.2) is 4.79 Å². The molecule has 0 aliphatic heterocycles. The number of hydrogen-bond acceptors (Lipinski definition) is 3. The van der Waals surface area contributed by atoms with Crippen molar-refractivity contribution in [3.63, 3.8) is 0 Å². The van der Waals surface area contributed by atoms with E-state index in [1.54, 1.807) is 30.3 Å². The van der Waals surface area contributed by atoms with Crippen molar-refractivity contribution in [1.29, 1.82) is 0 Å². The molecule has 0 saturated heterocycles. The number of carbonyl (C=O) groups is 1. The number of rotatable bonds is 3. The number of benzene rings is 1. The summed E-state index contributed by atoms with van der Waals surface area (Å²) >= 11 is 0. The van der Waals surface area contributed by atoms with Gasteiger partial charge in [-0.3, -0.25) is 0 Å². The van der Waals surface area contributed by atoms with Crippen molar-refractivity contribution in [2.24, 2.45) is 0 Å². The molecule has 0 heterocycles. The van der Waals surface area contributed by atoms with Gasteiger partial charge in [0.25, 0.3) is 0 Å². The van der Waals surface area contributed by atoms with E-state index >= 15 is 0 Å². The number of alkyl halides is 3. The quantitative estimate of drug-likeness (QED) is 0.834. The molecule has 3 nitrogen and oxygen atoms in total. The zero-order chi connectivity index (χ0) is 13.1. The van der Waals surface area contributed by atoms with Gasteiger partial charge in [0.05, 0.1) is 0 Å². The Hall–Kier alpha value is -1.56. The lowest BCUT2D eigenvalue weighted by atomic mass is 10.1. The number of hydrogen-bond donors (Lipinski definition) is 1. The molecule has 94 valence electrons. The minimum Gasteiger partial charge on any atom is -0.456 e. The maximum absolute atomic E-state index is 12.0. The number of aliphatic hydroxyl groups excluding tert-OH is 1. The summed E-state index contributed by atoms with van der Waals surface area (Å²) in [7, 11) is 0. The van der Waals surface area contributed by atoms with Gasteiger partial charge in [-0.05, 0) is 12.5 Å². The second kappa shape index (κ2) is 5.18. The molecule has 1 aromatic carbocycles. The molecule has 0 aliphatic rings. The number of halogens is 3. The summed E-state index contributed by atoms with van der Waals surface area (Å²) in [4.78, 5) is 11.0. The Morgan fingerprint density at radius 1 is 1.29 bits per heavy atom. The fourth-order valence-electron chi connectivity index (χ4n) is 1.16. The molecule has 0 aromatic heterocycles. The van der Waals surface area contributed by atoms with Gasteiger partial charge in [0.1, 0.15) is 6.10 Å². The first-order valence-corrected chi connectivity index (χ1v) is 4.82. The van der Waals surface area contributed by atoms with Crippen LogP contribution in [0.1, 0.15) is 18.6 Å². The Labute approximate surface area is 95.8 Å². The molecule has 0 fully saturated rings. The largest absolute Gasteiger partial charge is 0.456 e. The molecule has 2 atom stereocenters. The van der Waals surface area contributed by atoms with Gasteiger partial charge < -0.3 is 9.84 Å². The SMILES string of the molecule is C[C@H](OC(=O)C(O)C(F)(F)F)c1ccccc1. The Balaban J connectivity index is 2.64. The van der Waals surface area contributed by atoms with E-state index in [1.807, 2.05) is 0 Å². The van der Waals surface area contributed by atoms with Crippen LogP contribution in [0, 0.1) is 0 Å². The van der Waals surface area contributed by atoms with E-state index in [0.717, 1.165) is 0 Å². The molecule has 1 N–H and O–H groups in total. The van der Waals surface area contributed by atoms with Crippen LogP contribution in [0.25, 0.3) is 0 Å². The Morgan fingerprint density at radius 2 is 1.82 bits per heavy atom. The molecule has 6 heteroatoms. The molecule has 0 amide bonds. The number of esters is 1. The smallest absolute Gasteiger partial charge is 0.425 e. The highest BCUT2D eigenvalue weighted by Crippen LogP contribution is 2.23. The predicted molar refractivity (Wildman–Crippen MR) is 53.0 cm³/mol. The Morgan fingerprint density at radius 3 is 2.29 bits per heavy atom. The number of ether oxygens (including phenoxy) is 1. The highest BCUT2D eigenvalue weighted by molar-refractivity contribution is 5.75. The van der Waals surface area contributed by atoms with Gasteiger partial charge in [-0.1, -0.05) is 30.3 Å². The summed E-state index contributed by atoms with van der Waals surface area (Å²) in [5.41, 5.74) is 0.551. The van der Waals surface area contributed by atoms with Gasteiger partial charge in [0.2, 0.25) is 6.10 Å². The van der Waals surface area contributed by atoms with Crippen LogP contribution in [0.2, 0.25) is 0 Å². The summed E-state index contributed by atoms with van der Waals surface area (Å²) in [5.74, 6) is -1.70. The van der Waals surface area contributed by atoms with Crippen LogP contribution < -0.4 is 0 Å². The lowest BCUT2D eigenvalue weighted by Crippen LogP contribution is -2.38. The Bertz CT molecular complexity index is 375. The van der Waals surface area contributed by atoms with Gasteiger partial charge >= 0.3 is 12.1 Å². The first-order chi connectivity index (χ1) is 7.82. The molecule has 17 heavy (non-hydrogen) atoms. The molecule has 0 saturated carbocycles.